The highest BCUT2D eigenvalue weighted by Gasteiger charge is 2.18. The molecule has 1 aliphatic heterocycles. The molecule has 0 bridgehead atoms. The van der Waals surface area contributed by atoms with E-state index in [0.717, 1.165) is 30.8 Å². The van der Waals surface area contributed by atoms with Crippen LogP contribution in [0.15, 0.2) is 48.5 Å². The molecular weight excluding hydrogens is 354 g/mol. The highest BCUT2D eigenvalue weighted by Crippen LogP contribution is 2.31. The molecule has 2 amide bonds. The molecule has 0 radical (unpaired) electrons. The summed E-state index contributed by atoms with van der Waals surface area (Å²) in [4.78, 5) is 27.5. The zero-order valence-electron chi connectivity index (χ0n) is 16.4. The van der Waals surface area contributed by atoms with Gasteiger partial charge in [0.2, 0.25) is 12.3 Å². The van der Waals surface area contributed by atoms with Gasteiger partial charge in [-0.15, -0.1) is 0 Å². The van der Waals surface area contributed by atoms with E-state index < -0.39 is 0 Å². The number of piperazine rings is 1. The van der Waals surface area contributed by atoms with Crippen LogP contribution in [0.4, 0.5) is 11.4 Å². The van der Waals surface area contributed by atoms with Crippen molar-refractivity contribution in [2.45, 2.75) is 19.3 Å². The maximum absolute atomic E-state index is 12.6. The first-order valence-electron chi connectivity index (χ1n) is 9.58. The van der Waals surface area contributed by atoms with Crippen molar-refractivity contribution in [3.8, 4) is 5.75 Å². The maximum atomic E-state index is 12.6. The summed E-state index contributed by atoms with van der Waals surface area (Å²) in [6.45, 7) is 4.99. The van der Waals surface area contributed by atoms with Crippen molar-refractivity contribution >= 4 is 23.7 Å². The molecule has 0 saturated carbocycles. The van der Waals surface area contributed by atoms with Crippen LogP contribution in [0.1, 0.15) is 24.8 Å². The lowest BCUT2D eigenvalue weighted by Crippen LogP contribution is -2.45. The highest BCUT2D eigenvalue weighted by atomic mass is 16.5. The smallest absolute Gasteiger partial charge is 0.225 e. The molecular formula is C22H27N3O3. The summed E-state index contributed by atoms with van der Waals surface area (Å²) in [5.74, 6) is 0.723. The number of methoxy groups -OCH3 is 1. The van der Waals surface area contributed by atoms with Crippen molar-refractivity contribution in [1.82, 2.24) is 4.90 Å². The van der Waals surface area contributed by atoms with Gasteiger partial charge in [0, 0.05) is 38.3 Å². The lowest BCUT2D eigenvalue weighted by atomic mass is 9.97. The summed E-state index contributed by atoms with van der Waals surface area (Å²) in [5, 5.41) is 3.00. The van der Waals surface area contributed by atoms with Crippen molar-refractivity contribution in [3.05, 3.63) is 54.1 Å². The molecule has 148 valence electrons. The topological polar surface area (TPSA) is 61.9 Å². The number of benzene rings is 2. The standard InChI is InChI=1S/C22H27N3O3/c1-17(18-6-4-3-5-7-18)14-22(27)23-20-15-19(8-9-21(20)28-2)25-12-10-24(16-26)11-13-25/h3-9,15-17H,10-14H2,1-2H3,(H,23,27). The van der Waals surface area contributed by atoms with Gasteiger partial charge >= 0.3 is 0 Å². The third-order valence-corrected chi connectivity index (χ3v) is 5.15. The molecule has 0 aliphatic carbocycles. The minimum absolute atomic E-state index is 0.0439. The van der Waals surface area contributed by atoms with E-state index in [1.54, 1.807) is 12.0 Å². The molecule has 6 heteroatoms. The number of carbonyl (C=O) groups is 2. The first-order valence-corrected chi connectivity index (χ1v) is 9.58. The Hall–Kier alpha value is -3.02. The van der Waals surface area contributed by atoms with Crippen molar-refractivity contribution in [3.63, 3.8) is 0 Å². The average Bonchev–Trinajstić information content (AvgIpc) is 2.74. The van der Waals surface area contributed by atoms with E-state index in [9.17, 15) is 9.59 Å². The number of ether oxygens (including phenoxy) is 1. The van der Waals surface area contributed by atoms with Crippen LogP contribution in [0.3, 0.4) is 0 Å². The minimum Gasteiger partial charge on any atom is -0.495 e. The first kappa shape index (κ1) is 19.7. The van der Waals surface area contributed by atoms with Crippen LogP contribution < -0.4 is 15.0 Å². The number of hydrogen-bond acceptors (Lipinski definition) is 4. The van der Waals surface area contributed by atoms with Gasteiger partial charge in [0.1, 0.15) is 5.75 Å². The molecule has 2 aromatic rings. The van der Waals surface area contributed by atoms with Crippen LogP contribution in [0.2, 0.25) is 0 Å². The Bertz CT molecular complexity index is 802. The van der Waals surface area contributed by atoms with Crippen molar-refractivity contribution in [2.24, 2.45) is 0 Å². The largest absolute Gasteiger partial charge is 0.495 e. The SMILES string of the molecule is COc1ccc(N2CCN(C=O)CC2)cc1NC(=O)CC(C)c1ccccc1. The lowest BCUT2D eigenvalue weighted by molar-refractivity contribution is -0.118. The predicted molar refractivity (Wildman–Crippen MR) is 111 cm³/mol. The fourth-order valence-electron chi connectivity index (χ4n) is 3.45. The van der Waals surface area contributed by atoms with E-state index in [4.69, 9.17) is 4.74 Å². The Morgan fingerprint density at radius 3 is 2.50 bits per heavy atom. The lowest BCUT2D eigenvalue weighted by Gasteiger charge is -2.34. The summed E-state index contributed by atoms with van der Waals surface area (Å²) in [6, 6.07) is 15.8. The Labute approximate surface area is 166 Å². The van der Waals surface area contributed by atoms with Crippen LogP contribution in [-0.2, 0) is 9.59 Å². The van der Waals surface area contributed by atoms with Gasteiger partial charge in [-0.1, -0.05) is 37.3 Å². The monoisotopic (exact) mass is 381 g/mol. The zero-order chi connectivity index (χ0) is 19.9. The van der Waals surface area contributed by atoms with E-state index in [2.05, 4.69) is 17.1 Å². The van der Waals surface area contributed by atoms with Gasteiger partial charge in [0.25, 0.3) is 0 Å². The van der Waals surface area contributed by atoms with Crippen molar-refractivity contribution in [2.75, 3.05) is 43.5 Å². The summed E-state index contributed by atoms with van der Waals surface area (Å²) < 4.78 is 5.42. The number of anilines is 2. The van der Waals surface area contributed by atoms with Crippen molar-refractivity contribution in [1.29, 1.82) is 0 Å². The Kier molecular flexibility index (Phi) is 6.53. The number of rotatable bonds is 7. The molecule has 2 aromatic carbocycles. The third-order valence-electron chi connectivity index (χ3n) is 5.15. The summed E-state index contributed by atoms with van der Waals surface area (Å²) in [5.41, 5.74) is 2.83. The number of nitrogens with zero attached hydrogens (tertiary/aromatic N) is 2. The van der Waals surface area contributed by atoms with Gasteiger partial charge in [0.05, 0.1) is 12.8 Å². The number of nitrogens with one attached hydrogen (secondary N) is 1. The van der Waals surface area contributed by atoms with Gasteiger partial charge in [-0.3, -0.25) is 9.59 Å². The summed E-state index contributed by atoms with van der Waals surface area (Å²) in [7, 11) is 1.60. The van der Waals surface area contributed by atoms with Crippen LogP contribution >= 0.6 is 0 Å². The molecule has 1 saturated heterocycles. The molecule has 1 fully saturated rings. The van der Waals surface area contributed by atoms with Gasteiger partial charge < -0.3 is 19.9 Å². The Morgan fingerprint density at radius 1 is 1.14 bits per heavy atom. The second-order valence-electron chi connectivity index (χ2n) is 7.08. The van der Waals surface area contributed by atoms with Gasteiger partial charge in [-0.2, -0.15) is 0 Å². The number of carbonyl (C=O) groups excluding carboxylic acids is 2. The first-order chi connectivity index (χ1) is 13.6. The van der Waals surface area contributed by atoms with Gasteiger partial charge in [-0.25, -0.2) is 0 Å². The molecule has 1 N–H and O–H groups in total. The molecule has 1 aliphatic rings. The van der Waals surface area contributed by atoms with E-state index in [1.165, 1.54) is 0 Å². The summed E-state index contributed by atoms with van der Waals surface area (Å²) in [6.07, 6.45) is 1.29. The quantitative estimate of drug-likeness (QED) is 0.749. The molecule has 6 nitrogen and oxygen atoms in total. The Morgan fingerprint density at radius 2 is 1.86 bits per heavy atom. The van der Waals surface area contributed by atoms with Crippen LogP contribution in [0.25, 0.3) is 0 Å². The molecule has 0 aromatic heterocycles. The van der Waals surface area contributed by atoms with Gasteiger partial charge in [0.15, 0.2) is 0 Å². The van der Waals surface area contributed by atoms with Crippen molar-refractivity contribution < 1.29 is 14.3 Å². The van der Waals surface area contributed by atoms with E-state index in [0.29, 0.717) is 30.9 Å². The molecule has 3 rings (SSSR count). The normalized spacial score (nSPS) is 15.1. The fraction of sp³-hybridized carbons (Fsp3) is 0.364. The third kappa shape index (κ3) is 4.82. The molecule has 0 spiro atoms. The fourth-order valence-corrected chi connectivity index (χ4v) is 3.45. The predicted octanol–water partition coefficient (Wildman–Crippen LogP) is 3.11. The average molecular weight is 381 g/mol. The molecule has 1 unspecified atom stereocenters. The zero-order valence-corrected chi connectivity index (χ0v) is 16.4. The summed E-state index contributed by atoms with van der Waals surface area (Å²) >= 11 is 0. The molecule has 28 heavy (non-hydrogen) atoms. The van der Waals surface area contributed by atoms with E-state index >= 15 is 0 Å². The van der Waals surface area contributed by atoms with Crippen LogP contribution in [0.5, 0.6) is 5.75 Å². The van der Waals surface area contributed by atoms with Crippen LogP contribution in [0, 0.1) is 0 Å². The minimum atomic E-state index is -0.0439. The second kappa shape index (κ2) is 9.26. The van der Waals surface area contributed by atoms with Gasteiger partial charge in [-0.05, 0) is 29.7 Å². The molecule has 1 atom stereocenters. The molecule has 1 heterocycles. The number of hydrogen-bond donors (Lipinski definition) is 1. The highest BCUT2D eigenvalue weighted by molar-refractivity contribution is 5.93. The maximum Gasteiger partial charge on any atom is 0.225 e. The van der Waals surface area contributed by atoms with E-state index in [-0.39, 0.29) is 11.8 Å². The Balaban J connectivity index is 1.68. The number of amides is 2. The van der Waals surface area contributed by atoms with Crippen LogP contribution in [-0.4, -0.2) is 50.5 Å². The van der Waals surface area contributed by atoms with E-state index in [1.807, 2.05) is 48.5 Å². The second-order valence-corrected chi connectivity index (χ2v) is 7.08.